The molecule has 0 aromatic carbocycles. The van der Waals surface area contributed by atoms with Gasteiger partial charge in [0, 0.05) is 67.1 Å². The van der Waals surface area contributed by atoms with Crippen LogP contribution in [0.4, 0.5) is 0 Å². The van der Waals surface area contributed by atoms with Crippen LogP contribution >= 0.6 is 8.69 Å². The summed E-state index contributed by atoms with van der Waals surface area (Å²) in [5, 5.41) is 0. The third-order valence-electron chi connectivity index (χ3n) is 0. The Hall–Kier alpha value is 2.20. The van der Waals surface area contributed by atoms with E-state index >= 15 is 0 Å². The fourth-order valence-corrected chi connectivity index (χ4v) is 0. The van der Waals surface area contributed by atoms with E-state index in [9.17, 15) is 0 Å². The Kier molecular flexibility index (Phi) is 369. The Morgan fingerprint density at radius 2 is 0.875 bits per heavy atom. The molecule has 0 heterocycles. The zero-order valence-corrected chi connectivity index (χ0v) is 8.51. The molecule has 0 atom stereocenters. The number of rotatable bonds is 0. The summed E-state index contributed by atoms with van der Waals surface area (Å²) >= 11 is 0. The van der Waals surface area contributed by atoms with E-state index in [-0.39, 0.29) is 78.1 Å². The van der Waals surface area contributed by atoms with Gasteiger partial charge in [-0.1, -0.05) is 0 Å². The van der Waals surface area contributed by atoms with Crippen molar-refractivity contribution in [3.8, 4) is 0 Å². The molecule has 0 aromatic rings. The van der Waals surface area contributed by atoms with Crippen molar-refractivity contribution in [3.05, 3.63) is 0 Å². The summed E-state index contributed by atoms with van der Waals surface area (Å²) in [6.45, 7) is 0. The van der Waals surface area contributed by atoms with Gasteiger partial charge in [-0.2, -0.15) is 0 Å². The molecule has 0 bridgehead atoms. The summed E-state index contributed by atoms with van der Waals surface area (Å²) in [7, 11) is -1.08. The third kappa shape index (κ3) is 87.8. The van der Waals surface area contributed by atoms with Crippen LogP contribution in [0, 0.1) is 0 Å². The van der Waals surface area contributed by atoms with Crippen LogP contribution in [0.15, 0.2) is 0 Å². The minimum absolute atomic E-state index is 0. The van der Waals surface area contributed by atoms with Crippen molar-refractivity contribution in [1.29, 1.82) is 0 Å². The normalized spacial score (nSPS) is 2.62. The first-order valence-electron chi connectivity index (χ1n) is 0.365. The van der Waals surface area contributed by atoms with E-state index in [4.69, 9.17) is 9.46 Å². The Bertz CT molecular complexity index is 18.8. The Labute approximate surface area is 95.2 Å². The van der Waals surface area contributed by atoms with Gasteiger partial charge in [-0.3, -0.25) is 0 Å². The second-order valence-corrected chi connectivity index (χ2v) is 0.224. The molecule has 0 aromatic heterocycles. The van der Waals surface area contributed by atoms with E-state index in [1.165, 1.54) is 0 Å². The maximum atomic E-state index is 8.35. The molecule has 0 fully saturated rings. The van der Waals surface area contributed by atoms with Crippen molar-refractivity contribution in [2.24, 2.45) is 0 Å². The molecule has 8 heteroatoms. The number of hydrogen-bond donors (Lipinski definition) is 0. The van der Waals surface area contributed by atoms with Crippen LogP contribution in [-0.4, -0.2) is 11.0 Å². The molecule has 0 unspecified atom stereocenters. The summed E-state index contributed by atoms with van der Waals surface area (Å²) in [5.41, 5.74) is 0. The van der Waals surface area contributed by atoms with Crippen molar-refractivity contribution in [1.82, 2.24) is 0 Å². The summed E-state index contributed by atoms with van der Waals surface area (Å²) in [5.74, 6) is 0. The molecular formula is H4Ag3O4P. The van der Waals surface area contributed by atoms with Gasteiger partial charge in [0.1, 0.15) is 0 Å². The molecule has 0 saturated carbocycles. The topological polar surface area (TPSA) is 100.0 Å². The van der Waals surface area contributed by atoms with Crippen LogP contribution in [0.3, 0.4) is 0 Å². The molecule has 0 aliphatic heterocycles. The van der Waals surface area contributed by atoms with E-state index in [1.54, 1.807) is 0 Å². The van der Waals surface area contributed by atoms with Gasteiger partial charge >= 0.3 is 8.69 Å². The van der Waals surface area contributed by atoms with Crippen molar-refractivity contribution in [2.45, 2.75) is 0 Å². The van der Waals surface area contributed by atoms with E-state index in [2.05, 4.69) is 0 Å². The molecular weight excluding hydrogens is 419 g/mol. The molecule has 4 nitrogen and oxygen atoms in total. The molecule has 8 heavy (non-hydrogen) atoms. The fraction of sp³-hybridized carbons (Fsp3) is 0. The second kappa shape index (κ2) is 60.4. The van der Waals surface area contributed by atoms with Gasteiger partial charge in [0.15, 0.2) is 0 Å². The molecule has 0 rings (SSSR count). The third-order valence-corrected chi connectivity index (χ3v) is 0. The van der Waals surface area contributed by atoms with Crippen LogP contribution in [-0.2, 0) is 76.6 Å². The van der Waals surface area contributed by atoms with Crippen LogP contribution < -0.4 is 0 Å². The van der Waals surface area contributed by atoms with Crippen LogP contribution in [0.2, 0.25) is 0 Å². The first-order chi connectivity index (χ1) is 1.41. The molecule has 0 spiro atoms. The Balaban J connectivity index is -0.00000000200. The van der Waals surface area contributed by atoms with Gasteiger partial charge in [-0.25, -0.2) is 4.57 Å². The summed E-state index contributed by atoms with van der Waals surface area (Å²) < 4.78 is 8.35. The predicted octanol–water partition coefficient (Wildman–Crippen LogP) is -1.03. The predicted molar refractivity (Wildman–Crippen MR) is 15.5 cm³/mol. The maximum Gasteiger partial charge on any atom is 0.359 e. The Morgan fingerprint density at radius 3 is 0.875 bits per heavy atom. The molecule has 0 aliphatic rings. The average molecular weight is 423 g/mol. The first-order valence-corrected chi connectivity index (χ1v) is 1.10. The molecule has 0 amide bonds. The second-order valence-electron chi connectivity index (χ2n) is 0.0745. The van der Waals surface area contributed by atoms with Crippen molar-refractivity contribution in [3.63, 3.8) is 0 Å². The van der Waals surface area contributed by atoms with Crippen LogP contribution in [0.1, 0.15) is 0 Å². The molecule has 66 valence electrons. The van der Waals surface area contributed by atoms with E-state index in [1.807, 2.05) is 0 Å². The molecule has 0 saturated heterocycles. The minimum Gasteiger partial charge on any atom is -0.412 e. The van der Waals surface area contributed by atoms with Gasteiger partial charge in [0.25, 0.3) is 0 Å². The van der Waals surface area contributed by atoms with Gasteiger partial charge in [0.2, 0.25) is 0 Å². The smallest absolute Gasteiger partial charge is 0.359 e. The van der Waals surface area contributed by atoms with Gasteiger partial charge in [-0.15, -0.1) is 4.89 Å². The quantitative estimate of drug-likeness (QED) is 0.362. The van der Waals surface area contributed by atoms with Crippen LogP contribution in [0.25, 0.3) is 0 Å². The van der Waals surface area contributed by atoms with Gasteiger partial charge in [-0.05, 0) is 0 Å². The molecule has 0 aliphatic carbocycles. The first kappa shape index (κ1) is 48.9. The minimum atomic E-state index is -1.08. The largest absolute Gasteiger partial charge is 0.412 e. The van der Waals surface area contributed by atoms with Crippen LogP contribution in [0.5, 0.6) is 0 Å². The zero-order chi connectivity index (χ0) is 2.71. The summed E-state index contributed by atoms with van der Waals surface area (Å²) in [6.07, 6.45) is 0. The molecule has 4 N–H and O–H groups in total. The SMILES string of the molecule is O.O.[Ag].[Ag].[Ag].[O]P=O. The standard InChI is InChI=1S/3Ag.O2P.2H2O/c;;;1-3-2;;/h;;;;2*1H2. The monoisotopic (exact) mass is 420 g/mol. The number of hydrogen-bond acceptors (Lipinski definition) is 1. The van der Waals surface area contributed by atoms with E-state index in [0.29, 0.717) is 0 Å². The average Bonchev–Trinajstić information content (AvgIpc) is 0.918. The van der Waals surface area contributed by atoms with E-state index in [0.717, 1.165) is 0 Å². The molecule has 4 radical (unpaired) electrons. The van der Waals surface area contributed by atoms with Gasteiger partial charge in [0.05, 0.1) is 0 Å². The van der Waals surface area contributed by atoms with Crippen molar-refractivity contribution < 1.29 is 87.6 Å². The Morgan fingerprint density at radius 1 is 0.875 bits per heavy atom. The van der Waals surface area contributed by atoms with Gasteiger partial charge < -0.3 is 11.0 Å². The summed E-state index contributed by atoms with van der Waals surface area (Å²) in [4.78, 5) is 8.35. The van der Waals surface area contributed by atoms with Crippen molar-refractivity contribution >= 4 is 8.69 Å². The summed E-state index contributed by atoms with van der Waals surface area (Å²) in [6, 6.07) is 0. The maximum absolute atomic E-state index is 8.35. The zero-order valence-electron chi connectivity index (χ0n) is 3.17. The fourth-order valence-electron chi connectivity index (χ4n) is 0. The van der Waals surface area contributed by atoms with Crippen molar-refractivity contribution in [2.75, 3.05) is 0 Å². The van der Waals surface area contributed by atoms with E-state index < -0.39 is 8.69 Å².